The van der Waals surface area contributed by atoms with E-state index in [-0.39, 0.29) is 12.5 Å². The van der Waals surface area contributed by atoms with E-state index >= 15 is 0 Å². The largest absolute Gasteiger partial charge is 0.389 e. The molecule has 0 spiro atoms. The molecule has 0 saturated carbocycles. The maximum atomic E-state index is 12.2. The Morgan fingerprint density at radius 1 is 1.28 bits per heavy atom. The van der Waals surface area contributed by atoms with Crippen molar-refractivity contribution < 1.29 is 17.9 Å². The molecule has 0 radical (unpaired) electrons. The van der Waals surface area contributed by atoms with Crippen molar-refractivity contribution in [1.29, 1.82) is 0 Å². The Balaban J connectivity index is 2.34. The average molecular weight is 267 g/mol. The Labute approximate surface area is 107 Å². The van der Waals surface area contributed by atoms with Crippen LogP contribution in [0.4, 0.5) is 13.2 Å². The molecule has 0 bridgehead atoms. The lowest BCUT2D eigenvalue weighted by Gasteiger charge is -2.31. The molecule has 1 saturated heterocycles. The van der Waals surface area contributed by atoms with E-state index in [1.54, 1.807) is 0 Å². The number of rotatable bonds is 7. The fourth-order valence-electron chi connectivity index (χ4n) is 2.47. The summed E-state index contributed by atoms with van der Waals surface area (Å²) >= 11 is 0. The van der Waals surface area contributed by atoms with Gasteiger partial charge in [0.25, 0.3) is 0 Å². The summed E-state index contributed by atoms with van der Waals surface area (Å²) < 4.78 is 41.8. The molecule has 0 aliphatic carbocycles. The van der Waals surface area contributed by atoms with Crippen LogP contribution in [0.15, 0.2) is 0 Å². The molecule has 0 aromatic rings. The van der Waals surface area contributed by atoms with E-state index < -0.39 is 12.6 Å². The summed E-state index contributed by atoms with van der Waals surface area (Å²) in [4.78, 5) is 0. The predicted octanol–water partition coefficient (Wildman–Crippen LogP) is 3.51. The van der Waals surface area contributed by atoms with Gasteiger partial charge in [0.2, 0.25) is 0 Å². The van der Waals surface area contributed by atoms with Crippen LogP contribution in [0, 0.1) is 5.92 Å². The molecule has 1 heterocycles. The zero-order chi connectivity index (χ0) is 13.4. The molecule has 2 nitrogen and oxygen atoms in total. The summed E-state index contributed by atoms with van der Waals surface area (Å²) in [5.74, 6) is 0.471. The highest BCUT2D eigenvalue weighted by Crippen LogP contribution is 2.26. The molecule has 1 aliphatic heterocycles. The number of nitrogens with one attached hydrogen (secondary N) is 1. The average Bonchev–Trinajstić information content (AvgIpc) is 2.33. The van der Waals surface area contributed by atoms with E-state index in [0.29, 0.717) is 12.3 Å². The minimum absolute atomic E-state index is 0.219. The summed E-state index contributed by atoms with van der Waals surface area (Å²) in [7, 11) is 0. The molecule has 5 heteroatoms. The van der Waals surface area contributed by atoms with Crippen molar-refractivity contribution >= 4 is 0 Å². The van der Waals surface area contributed by atoms with Crippen molar-refractivity contribution in [3.05, 3.63) is 0 Å². The molecule has 1 aliphatic rings. The van der Waals surface area contributed by atoms with Gasteiger partial charge in [0.1, 0.15) is 0 Å². The first kappa shape index (κ1) is 15.8. The number of hydrogen-bond donors (Lipinski definition) is 1. The van der Waals surface area contributed by atoms with Gasteiger partial charge in [-0.15, -0.1) is 0 Å². The van der Waals surface area contributed by atoms with Crippen LogP contribution >= 0.6 is 0 Å². The SMILES string of the molecule is CCCNC(CCCC(F)(F)F)C1CCOCC1. The third-order valence-corrected chi connectivity index (χ3v) is 3.47. The van der Waals surface area contributed by atoms with Crippen LogP contribution in [-0.4, -0.2) is 32.0 Å². The zero-order valence-corrected chi connectivity index (χ0v) is 11.1. The van der Waals surface area contributed by atoms with Gasteiger partial charge < -0.3 is 10.1 Å². The second kappa shape index (κ2) is 8.00. The molecule has 108 valence electrons. The van der Waals surface area contributed by atoms with Crippen LogP contribution in [0.1, 0.15) is 45.4 Å². The molecule has 0 amide bonds. The maximum Gasteiger partial charge on any atom is 0.389 e. The van der Waals surface area contributed by atoms with E-state index in [0.717, 1.165) is 39.0 Å². The standard InChI is InChI=1S/C13H24F3NO/c1-2-8-17-12(4-3-7-13(14,15)16)11-5-9-18-10-6-11/h11-12,17H,2-10H2,1H3. The third-order valence-electron chi connectivity index (χ3n) is 3.47. The smallest absolute Gasteiger partial charge is 0.381 e. The van der Waals surface area contributed by atoms with E-state index in [1.165, 1.54) is 0 Å². The number of alkyl halides is 3. The molecule has 1 N–H and O–H groups in total. The van der Waals surface area contributed by atoms with Crippen molar-refractivity contribution in [1.82, 2.24) is 5.32 Å². The van der Waals surface area contributed by atoms with Gasteiger partial charge in [0.15, 0.2) is 0 Å². The summed E-state index contributed by atoms with van der Waals surface area (Å²) in [6.45, 7) is 4.44. The number of halogens is 3. The van der Waals surface area contributed by atoms with Crippen LogP contribution in [0.5, 0.6) is 0 Å². The van der Waals surface area contributed by atoms with Gasteiger partial charge in [0, 0.05) is 25.7 Å². The Kier molecular flexibility index (Phi) is 7.00. The molecule has 0 aromatic carbocycles. The van der Waals surface area contributed by atoms with Gasteiger partial charge in [0.05, 0.1) is 0 Å². The van der Waals surface area contributed by atoms with Gasteiger partial charge in [-0.25, -0.2) is 0 Å². The normalized spacial score (nSPS) is 20.0. The zero-order valence-electron chi connectivity index (χ0n) is 11.1. The van der Waals surface area contributed by atoms with Gasteiger partial charge in [-0.3, -0.25) is 0 Å². The second-order valence-corrected chi connectivity index (χ2v) is 5.02. The molecule has 0 aromatic heterocycles. The van der Waals surface area contributed by atoms with Gasteiger partial charge in [-0.05, 0) is 44.6 Å². The van der Waals surface area contributed by atoms with Crippen molar-refractivity contribution in [3.63, 3.8) is 0 Å². The highest BCUT2D eigenvalue weighted by Gasteiger charge is 2.28. The molecular weight excluding hydrogens is 243 g/mol. The van der Waals surface area contributed by atoms with Crippen molar-refractivity contribution in [3.8, 4) is 0 Å². The monoisotopic (exact) mass is 267 g/mol. The number of hydrogen-bond acceptors (Lipinski definition) is 2. The van der Waals surface area contributed by atoms with Crippen LogP contribution in [-0.2, 0) is 4.74 Å². The molecule has 1 unspecified atom stereocenters. The summed E-state index contributed by atoms with van der Waals surface area (Å²) in [5.41, 5.74) is 0. The van der Waals surface area contributed by atoms with Crippen LogP contribution < -0.4 is 5.32 Å². The Morgan fingerprint density at radius 3 is 2.50 bits per heavy atom. The minimum atomic E-state index is -4.02. The third kappa shape index (κ3) is 6.59. The first-order valence-electron chi connectivity index (χ1n) is 6.91. The quantitative estimate of drug-likeness (QED) is 0.762. The highest BCUT2D eigenvalue weighted by molar-refractivity contribution is 4.78. The first-order chi connectivity index (χ1) is 8.53. The van der Waals surface area contributed by atoms with Gasteiger partial charge >= 0.3 is 6.18 Å². The van der Waals surface area contributed by atoms with Crippen LogP contribution in [0.2, 0.25) is 0 Å². The summed E-state index contributed by atoms with van der Waals surface area (Å²) in [5, 5.41) is 3.40. The van der Waals surface area contributed by atoms with E-state index in [2.05, 4.69) is 12.2 Å². The maximum absolute atomic E-state index is 12.2. The molecule has 18 heavy (non-hydrogen) atoms. The fraction of sp³-hybridized carbons (Fsp3) is 1.00. The molecular formula is C13H24F3NO. The topological polar surface area (TPSA) is 21.3 Å². The fourth-order valence-corrected chi connectivity index (χ4v) is 2.47. The van der Waals surface area contributed by atoms with E-state index in [4.69, 9.17) is 4.74 Å². The van der Waals surface area contributed by atoms with Crippen LogP contribution in [0.25, 0.3) is 0 Å². The van der Waals surface area contributed by atoms with E-state index in [9.17, 15) is 13.2 Å². The minimum Gasteiger partial charge on any atom is -0.381 e. The summed E-state index contributed by atoms with van der Waals surface area (Å²) in [6.07, 6.45) is -0.905. The first-order valence-corrected chi connectivity index (χ1v) is 6.91. The summed E-state index contributed by atoms with van der Waals surface area (Å²) in [6, 6.07) is 0.219. The van der Waals surface area contributed by atoms with Crippen molar-refractivity contribution in [2.75, 3.05) is 19.8 Å². The Bertz CT molecular complexity index is 215. The highest BCUT2D eigenvalue weighted by atomic mass is 19.4. The van der Waals surface area contributed by atoms with Gasteiger partial charge in [-0.1, -0.05) is 6.92 Å². The predicted molar refractivity (Wildman–Crippen MR) is 65.5 cm³/mol. The lowest BCUT2D eigenvalue weighted by Crippen LogP contribution is -2.39. The lowest BCUT2D eigenvalue weighted by atomic mass is 9.88. The van der Waals surface area contributed by atoms with Crippen molar-refractivity contribution in [2.45, 2.75) is 57.7 Å². The molecule has 1 fully saturated rings. The Morgan fingerprint density at radius 2 is 1.94 bits per heavy atom. The van der Waals surface area contributed by atoms with E-state index in [1.807, 2.05) is 0 Å². The number of ether oxygens (including phenoxy) is 1. The van der Waals surface area contributed by atoms with Gasteiger partial charge in [-0.2, -0.15) is 13.2 Å². The van der Waals surface area contributed by atoms with Crippen molar-refractivity contribution in [2.24, 2.45) is 5.92 Å². The molecule has 1 rings (SSSR count). The molecule has 1 atom stereocenters. The Hall–Kier alpha value is -0.290. The van der Waals surface area contributed by atoms with Crippen LogP contribution in [0.3, 0.4) is 0 Å². The lowest BCUT2D eigenvalue weighted by molar-refractivity contribution is -0.136. The second-order valence-electron chi connectivity index (χ2n) is 5.02.